The van der Waals surface area contributed by atoms with Crippen LogP contribution in [0.4, 0.5) is 4.39 Å². The van der Waals surface area contributed by atoms with Gasteiger partial charge in [-0.15, -0.1) is 24.8 Å². The Bertz CT molecular complexity index is 801. The first kappa shape index (κ1) is 22.4. The molecule has 1 aliphatic carbocycles. The van der Waals surface area contributed by atoms with Crippen LogP contribution in [0.25, 0.3) is 0 Å². The second-order valence-electron chi connectivity index (χ2n) is 7.14. The summed E-state index contributed by atoms with van der Waals surface area (Å²) in [5.41, 5.74) is 0.927. The summed E-state index contributed by atoms with van der Waals surface area (Å²) >= 11 is 0. The lowest BCUT2D eigenvalue weighted by molar-refractivity contribution is -0.123. The molecule has 1 amide bonds. The maximum Gasteiger partial charge on any atom is 0.223 e. The van der Waals surface area contributed by atoms with Crippen LogP contribution in [0, 0.1) is 17.2 Å². The molecule has 1 atom stereocenters. The number of halogens is 3. The van der Waals surface area contributed by atoms with Crippen molar-refractivity contribution in [2.24, 2.45) is 11.3 Å². The molecule has 2 heterocycles. The van der Waals surface area contributed by atoms with E-state index in [0.29, 0.717) is 12.3 Å². The molecule has 2 fully saturated rings. The lowest BCUT2D eigenvalue weighted by atomic mass is 9.92. The average molecular weight is 428 g/mol. The second kappa shape index (κ2) is 9.54. The van der Waals surface area contributed by atoms with E-state index >= 15 is 0 Å². The van der Waals surface area contributed by atoms with Crippen LogP contribution < -0.4 is 15.4 Å². The van der Waals surface area contributed by atoms with E-state index in [9.17, 15) is 9.18 Å². The first-order valence-corrected chi connectivity index (χ1v) is 9.01. The normalized spacial score (nSPS) is 19.1. The summed E-state index contributed by atoms with van der Waals surface area (Å²) in [4.78, 5) is 16.3. The number of ether oxygens (including phenoxy) is 1. The number of aromatic nitrogens is 1. The Morgan fingerprint density at radius 1 is 1.29 bits per heavy atom. The third kappa shape index (κ3) is 4.93. The largest absolute Gasteiger partial charge is 0.453 e. The molecule has 0 bridgehead atoms. The molecule has 2 aliphatic rings. The minimum Gasteiger partial charge on any atom is -0.453 e. The van der Waals surface area contributed by atoms with Gasteiger partial charge in [0.05, 0.1) is 6.20 Å². The van der Waals surface area contributed by atoms with Gasteiger partial charge in [-0.05, 0) is 67.6 Å². The van der Waals surface area contributed by atoms with E-state index in [2.05, 4.69) is 15.6 Å². The number of nitrogens with zero attached hydrogens (tertiary/aromatic N) is 1. The van der Waals surface area contributed by atoms with Crippen LogP contribution in [0.1, 0.15) is 24.8 Å². The zero-order valence-electron chi connectivity index (χ0n) is 15.3. The molecule has 1 aliphatic heterocycles. The molecule has 152 valence electrons. The summed E-state index contributed by atoms with van der Waals surface area (Å²) in [6.45, 7) is 2.31. The highest BCUT2D eigenvalue weighted by molar-refractivity contribution is 5.85. The van der Waals surface area contributed by atoms with Gasteiger partial charge in [0.2, 0.25) is 5.91 Å². The molecule has 5 nitrogen and oxygen atoms in total. The predicted molar refractivity (Wildman–Crippen MR) is 110 cm³/mol. The molecular formula is C20H24Cl2FN3O2. The van der Waals surface area contributed by atoms with Crippen molar-refractivity contribution >= 4 is 30.7 Å². The van der Waals surface area contributed by atoms with Gasteiger partial charge in [0.1, 0.15) is 5.75 Å². The number of carbonyl (C=O) groups is 1. The molecule has 28 heavy (non-hydrogen) atoms. The summed E-state index contributed by atoms with van der Waals surface area (Å²) in [5.74, 6) is 0.366. The van der Waals surface area contributed by atoms with E-state index in [1.165, 1.54) is 12.3 Å². The predicted octanol–water partition coefficient (Wildman–Crippen LogP) is 3.86. The van der Waals surface area contributed by atoms with Crippen LogP contribution in [-0.4, -0.2) is 24.0 Å². The number of benzene rings is 1. The van der Waals surface area contributed by atoms with Crippen LogP contribution in [0.15, 0.2) is 42.7 Å². The van der Waals surface area contributed by atoms with Crippen LogP contribution in [0.2, 0.25) is 0 Å². The lowest BCUT2D eigenvalue weighted by Crippen LogP contribution is -2.33. The summed E-state index contributed by atoms with van der Waals surface area (Å²) in [5, 5.41) is 6.29. The van der Waals surface area contributed by atoms with Gasteiger partial charge < -0.3 is 15.4 Å². The number of hydrogen-bond donors (Lipinski definition) is 2. The Balaban J connectivity index is 0.00000140. The number of amides is 1. The quantitative estimate of drug-likeness (QED) is 0.759. The van der Waals surface area contributed by atoms with Gasteiger partial charge in [0.25, 0.3) is 0 Å². The monoisotopic (exact) mass is 427 g/mol. The molecule has 8 heteroatoms. The third-order valence-corrected chi connectivity index (χ3v) is 5.43. The van der Waals surface area contributed by atoms with Crippen molar-refractivity contribution in [3.8, 4) is 11.5 Å². The van der Waals surface area contributed by atoms with Gasteiger partial charge in [0.15, 0.2) is 11.6 Å². The Kier molecular flexibility index (Phi) is 7.63. The van der Waals surface area contributed by atoms with Gasteiger partial charge in [0, 0.05) is 18.7 Å². The van der Waals surface area contributed by atoms with Gasteiger partial charge in [-0.3, -0.25) is 9.78 Å². The van der Waals surface area contributed by atoms with Crippen LogP contribution in [0.3, 0.4) is 0 Å². The Morgan fingerprint density at radius 3 is 2.75 bits per heavy atom. The van der Waals surface area contributed by atoms with E-state index in [1.807, 2.05) is 0 Å². The summed E-state index contributed by atoms with van der Waals surface area (Å²) < 4.78 is 19.7. The molecule has 1 aromatic heterocycles. The molecule has 1 spiro atoms. The molecule has 1 unspecified atom stereocenters. The van der Waals surface area contributed by atoms with E-state index in [1.54, 1.807) is 30.5 Å². The van der Waals surface area contributed by atoms with Crippen molar-refractivity contribution in [2.45, 2.75) is 25.8 Å². The number of pyridine rings is 1. The Hall–Kier alpha value is -1.89. The average Bonchev–Trinajstić information content (AvgIpc) is 3.36. The van der Waals surface area contributed by atoms with Crippen LogP contribution >= 0.6 is 24.8 Å². The fourth-order valence-corrected chi connectivity index (χ4v) is 3.78. The fourth-order valence-electron chi connectivity index (χ4n) is 3.78. The number of rotatable bonds is 5. The highest BCUT2D eigenvalue weighted by Crippen LogP contribution is 2.58. The van der Waals surface area contributed by atoms with Gasteiger partial charge in [-0.1, -0.05) is 6.07 Å². The first-order valence-electron chi connectivity index (χ1n) is 9.01. The van der Waals surface area contributed by atoms with E-state index in [4.69, 9.17) is 4.74 Å². The minimum atomic E-state index is -0.457. The van der Waals surface area contributed by atoms with Crippen molar-refractivity contribution in [3.63, 3.8) is 0 Å². The van der Waals surface area contributed by atoms with Crippen molar-refractivity contribution in [1.82, 2.24) is 15.6 Å². The summed E-state index contributed by atoms with van der Waals surface area (Å²) in [6.07, 6.45) is 6.27. The molecule has 0 radical (unpaired) electrons. The molecule has 2 aromatic rings. The molecule has 1 saturated carbocycles. The maximum absolute atomic E-state index is 14.3. The topological polar surface area (TPSA) is 63.2 Å². The van der Waals surface area contributed by atoms with E-state index in [0.717, 1.165) is 37.9 Å². The second-order valence-corrected chi connectivity index (χ2v) is 7.14. The number of nitrogens with one attached hydrogen (secondary N) is 2. The molecular weight excluding hydrogens is 404 g/mol. The van der Waals surface area contributed by atoms with Crippen LogP contribution in [0.5, 0.6) is 11.5 Å². The number of piperidine rings is 1. The van der Waals surface area contributed by atoms with Gasteiger partial charge in [-0.2, -0.15) is 0 Å². The zero-order valence-corrected chi connectivity index (χ0v) is 17.0. The molecule has 4 rings (SSSR count). The third-order valence-electron chi connectivity index (χ3n) is 5.43. The highest BCUT2D eigenvalue weighted by Gasteiger charge is 2.57. The van der Waals surface area contributed by atoms with Gasteiger partial charge in [-0.25, -0.2) is 4.39 Å². The molecule has 1 aromatic carbocycles. The Labute approximate surface area is 176 Å². The van der Waals surface area contributed by atoms with Crippen molar-refractivity contribution < 1.29 is 13.9 Å². The maximum atomic E-state index is 14.3. The highest BCUT2D eigenvalue weighted by atomic mass is 35.5. The Morgan fingerprint density at radius 2 is 2.07 bits per heavy atom. The zero-order chi connectivity index (χ0) is 18.0. The van der Waals surface area contributed by atoms with E-state index < -0.39 is 5.82 Å². The standard InChI is InChI=1S/C20H22FN3O2.2ClH/c21-17-10-14(3-4-18(17)26-15-2-1-7-23-13-15)12-24-19(25)16-11-20(16)5-8-22-9-6-20;;/h1-4,7,10,13,16,22H,5-6,8-9,11-12H2,(H,24,25);2*1H. The van der Waals surface area contributed by atoms with Crippen molar-refractivity contribution in [2.75, 3.05) is 13.1 Å². The number of hydrogen-bond acceptors (Lipinski definition) is 4. The first-order chi connectivity index (χ1) is 12.7. The van der Waals surface area contributed by atoms with E-state index in [-0.39, 0.29) is 47.8 Å². The van der Waals surface area contributed by atoms with Crippen LogP contribution in [-0.2, 0) is 11.3 Å². The summed E-state index contributed by atoms with van der Waals surface area (Å²) in [7, 11) is 0. The fraction of sp³-hybridized carbons (Fsp3) is 0.400. The van der Waals surface area contributed by atoms with Crippen molar-refractivity contribution in [3.05, 3.63) is 54.1 Å². The molecule has 1 saturated heterocycles. The lowest BCUT2D eigenvalue weighted by Gasteiger charge is -2.23. The van der Waals surface area contributed by atoms with Crippen molar-refractivity contribution in [1.29, 1.82) is 0 Å². The summed E-state index contributed by atoms with van der Waals surface area (Å²) in [6, 6.07) is 8.19. The number of carbonyl (C=O) groups excluding carboxylic acids is 1. The molecule has 2 N–H and O–H groups in total. The van der Waals surface area contributed by atoms with Gasteiger partial charge >= 0.3 is 0 Å². The minimum absolute atomic E-state index is 0. The smallest absolute Gasteiger partial charge is 0.223 e. The SMILES string of the molecule is Cl.Cl.O=C(NCc1ccc(Oc2cccnc2)c(F)c1)C1CC12CCNCC2.